The molecule has 2 aromatic carbocycles. The SMILES string of the molecule is CC(=O)N(CCC(=O)NCc1cccc(C)c1)Cc1ccc(Cl)cc1. The summed E-state index contributed by atoms with van der Waals surface area (Å²) < 4.78 is 0. The van der Waals surface area contributed by atoms with Crippen LogP contribution in [0.15, 0.2) is 48.5 Å². The van der Waals surface area contributed by atoms with E-state index in [1.54, 1.807) is 17.0 Å². The van der Waals surface area contributed by atoms with E-state index in [1.165, 1.54) is 6.92 Å². The quantitative estimate of drug-likeness (QED) is 0.820. The topological polar surface area (TPSA) is 49.4 Å². The van der Waals surface area contributed by atoms with Crippen molar-refractivity contribution < 1.29 is 9.59 Å². The van der Waals surface area contributed by atoms with Gasteiger partial charge in [0, 0.05) is 38.0 Å². The molecule has 132 valence electrons. The molecule has 0 spiro atoms. The predicted octanol–water partition coefficient (Wildman–Crippen LogP) is 3.70. The van der Waals surface area contributed by atoms with Crippen LogP contribution in [-0.2, 0) is 22.7 Å². The van der Waals surface area contributed by atoms with E-state index in [1.807, 2.05) is 43.3 Å². The highest BCUT2D eigenvalue weighted by molar-refractivity contribution is 6.30. The Morgan fingerprint density at radius 1 is 1.08 bits per heavy atom. The molecule has 0 aromatic heterocycles. The number of carbonyl (C=O) groups excluding carboxylic acids is 2. The van der Waals surface area contributed by atoms with Crippen LogP contribution in [0.5, 0.6) is 0 Å². The Hall–Kier alpha value is -2.33. The predicted molar refractivity (Wildman–Crippen MR) is 100 cm³/mol. The molecule has 0 radical (unpaired) electrons. The van der Waals surface area contributed by atoms with Crippen LogP contribution in [0.2, 0.25) is 5.02 Å². The van der Waals surface area contributed by atoms with Crippen LogP contribution in [0.25, 0.3) is 0 Å². The van der Waals surface area contributed by atoms with Crippen molar-refractivity contribution >= 4 is 23.4 Å². The summed E-state index contributed by atoms with van der Waals surface area (Å²) in [5.41, 5.74) is 3.22. The van der Waals surface area contributed by atoms with Crippen molar-refractivity contribution in [1.82, 2.24) is 10.2 Å². The summed E-state index contributed by atoms with van der Waals surface area (Å²) in [6.45, 7) is 4.89. The molecule has 0 saturated heterocycles. The van der Waals surface area contributed by atoms with E-state index < -0.39 is 0 Å². The lowest BCUT2D eigenvalue weighted by Crippen LogP contribution is -2.33. The van der Waals surface area contributed by atoms with Gasteiger partial charge in [-0.05, 0) is 30.2 Å². The second-order valence-electron chi connectivity index (χ2n) is 6.08. The average molecular weight is 359 g/mol. The maximum Gasteiger partial charge on any atom is 0.222 e. The summed E-state index contributed by atoms with van der Waals surface area (Å²) in [5.74, 6) is -0.120. The van der Waals surface area contributed by atoms with Gasteiger partial charge in [-0.2, -0.15) is 0 Å². The largest absolute Gasteiger partial charge is 0.352 e. The van der Waals surface area contributed by atoms with Gasteiger partial charge in [-0.3, -0.25) is 9.59 Å². The van der Waals surface area contributed by atoms with Gasteiger partial charge in [0.2, 0.25) is 11.8 Å². The Kier molecular flexibility index (Phi) is 7.02. The molecule has 5 heteroatoms. The maximum atomic E-state index is 12.1. The van der Waals surface area contributed by atoms with E-state index in [-0.39, 0.29) is 18.2 Å². The molecule has 0 bridgehead atoms. The average Bonchev–Trinajstić information content (AvgIpc) is 2.58. The molecule has 25 heavy (non-hydrogen) atoms. The highest BCUT2D eigenvalue weighted by Gasteiger charge is 2.12. The third kappa shape index (κ3) is 6.59. The van der Waals surface area contributed by atoms with Crippen LogP contribution in [0.3, 0.4) is 0 Å². The van der Waals surface area contributed by atoms with Crippen LogP contribution >= 0.6 is 11.6 Å². The summed E-state index contributed by atoms with van der Waals surface area (Å²) in [6.07, 6.45) is 0.277. The van der Waals surface area contributed by atoms with Gasteiger partial charge in [-0.15, -0.1) is 0 Å². The second kappa shape index (κ2) is 9.23. The first-order valence-electron chi connectivity index (χ1n) is 8.26. The fraction of sp³-hybridized carbons (Fsp3) is 0.300. The van der Waals surface area contributed by atoms with Crippen molar-refractivity contribution in [2.24, 2.45) is 0 Å². The minimum atomic E-state index is -0.0659. The Bertz CT molecular complexity index is 729. The summed E-state index contributed by atoms with van der Waals surface area (Å²) >= 11 is 5.88. The van der Waals surface area contributed by atoms with Crippen molar-refractivity contribution in [3.05, 3.63) is 70.2 Å². The van der Waals surface area contributed by atoms with Crippen molar-refractivity contribution in [3.63, 3.8) is 0 Å². The summed E-state index contributed by atoms with van der Waals surface area (Å²) in [7, 11) is 0. The molecule has 4 nitrogen and oxygen atoms in total. The van der Waals surface area contributed by atoms with Gasteiger partial charge in [0.05, 0.1) is 0 Å². The van der Waals surface area contributed by atoms with Gasteiger partial charge in [-0.1, -0.05) is 53.6 Å². The standard InChI is InChI=1S/C20H23ClN2O2/c1-15-4-3-5-18(12-15)13-22-20(25)10-11-23(16(2)24)14-17-6-8-19(21)9-7-17/h3-9,12H,10-11,13-14H2,1-2H3,(H,22,25). The molecule has 0 aliphatic heterocycles. The van der Waals surface area contributed by atoms with Gasteiger partial charge >= 0.3 is 0 Å². The smallest absolute Gasteiger partial charge is 0.222 e. The van der Waals surface area contributed by atoms with Crippen molar-refractivity contribution in [3.8, 4) is 0 Å². The normalized spacial score (nSPS) is 10.4. The van der Waals surface area contributed by atoms with E-state index in [0.29, 0.717) is 24.7 Å². The first-order valence-corrected chi connectivity index (χ1v) is 8.64. The molecule has 0 atom stereocenters. The molecule has 0 aliphatic rings. The van der Waals surface area contributed by atoms with E-state index in [2.05, 4.69) is 5.32 Å². The minimum absolute atomic E-state index is 0.0542. The number of nitrogens with zero attached hydrogens (tertiary/aromatic N) is 1. The van der Waals surface area contributed by atoms with Crippen LogP contribution in [0, 0.1) is 6.92 Å². The van der Waals surface area contributed by atoms with Crippen LogP contribution in [0.1, 0.15) is 30.0 Å². The highest BCUT2D eigenvalue weighted by atomic mass is 35.5. The fourth-order valence-electron chi connectivity index (χ4n) is 2.51. The fourth-order valence-corrected chi connectivity index (χ4v) is 2.63. The zero-order valence-corrected chi connectivity index (χ0v) is 15.3. The number of carbonyl (C=O) groups is 2. The Labute approximate surface area is 153 Å². The molecule has 0 heterocycles. The van der Waals surface area contributed by atoms with Crippen LogP contribution < -0.4 is 5.32 Å². The second-order valence-corrected chi connectivity index (χ2v) is 6.52. The Balaban J connectivity index is 1.82. The molecule has 1 N–H and O–H groups in total. The van der Waals surface area contributed by atoms with E-state index in [0.717, 1.165) is 16.7 Å². The monoisotopic (exact) mass is 358 g/mol. The van der Waals surface area contributed by atoms with E-state index in [9.17, 15) is 9.59 Å². The minimum Gasteiger partial charge on any atom is -0.352 e. The number of rotatable bonds is 7. The molecule has 2 aromatic rings. The number of nitrogens with one attached hydrogen (secondary N) is 1. The highest BCUT2D eigenvalue weighted by Crippen LogP contribution is 2.12. The summed E-state index contributed by atoms with van der Waals surface area (Å²) in [5, 5.41) is 3.56. The van der Waals surface area contributed by atoms with Gasteiger partial charge in [0.15, 0.2) is 0 Å². The van der Waals surface area contributed by atoms with Crippen molar-refractivity contribution in [1.29, 1.82) is 0 Å². The van der Waals surface area contributed by atoms with Gasteiger partial charge in [0.1, 0.15) is 0 Å². The van der Waals surface area contributed by atoms with Gasteiger partial charge in [0.25, 0.3) is 0 Å². The maximum absolute atomic E-state index is 12.1. The lowest BCUT2D eigenvalue weighted by molar-refractivity contribution is -0.130. The molecular formula is C20H23ClN2O2. The molecule has 0 saturated carbocycles. The lowest BCUT2D eigenvalue weighted by Gasteiger charge is -2.21. The molecule has 0 fully saturated rings. The molecule has 2 rings (SSSR count). The Morgan fingerprint density at radius 2 is 1.80 bits per heavy atom. The number of amides is 2. The van der Waals surface area contributed by atoms with Gasteiger partial charge < -0.3 is 10.2 Å². The first kappa shape index (κ1) is 19.0. The number of benzene rings is 2. The number of halogens is 1. The summed E-state index contributed by atoms with van der Waals surface area (Å²) in [4.78, 5) is 25.5. The lowest BCUT2D eigenvalue weighted by atomic mass is 10.1. The molecule has 0 unspecified atom stereocenters. The third-order valence-electron chi connectivity index (χ3n) is 3.91. The van der Waals surface area contributed by atoms with Gasteiger partial charge in [-0.25, -0.2) is 0 Å². The third-order valence-corrected chi connectivity index (χ3v) is 4.16. The molecular weight excluding hydrogens is 336 g/mol. The summed E-state index contributed by atoms with van der Waals surface area (Å²) in [6, 6.07) is 15.4. The zero-order chi connectivity index (χ0) is 18.2. The molecule has 0 aliphatic carbocycles. The molecule has 2 amide bonds. The first-order chi connectivity index (χ1) is 11.9. The Morgan fingerprint density at radius 3 is 2.44 bits per heavy atom. The number of hydrogen-bond acceptors (Lipinski definition) is 2. The van der Waals surface area contributed by atoms with Crippen LogP contribution in [0.4, 0.5) is 0 Å². The number of hydrogen-bond donors (Lipinski definition) is 1. The van der Waals surface area contributed by atoms with Crippen molar-refractivity contribution in [2.45, 2.75) is 33.4 Å². The zero-order valence-electron chi connectivity index (χ0n) is 14.6. The van der Waals surface area contributed by atoms with Crippen LogP contribution in [-0.4, -0.2) is 23.3 Å². The van der Waals surface area contributed by atoms with E-state index in [4.69, 9.17) is 11.6 Å². The number of aryl methyl sites for hydroxylation is 1. The van der Waals surface area contributed by atoms with Crippen molar-refractivity contribution in [2.75, 3.05) is 6.54 Å². The van der Waals surface area contributed by atoms with E-state index >= 15 is 0 Å².